The molecule has 0 aromatic carbocycles. The summed E-state index contributed by atoms with van der Waals surface area (Å²) >= 11 is 3.32. The molecule has 6 heteroatoms. The zero-order chi connectivity index (χ0) is 12.4. The van der Waals surface area contributed by atoms with Crippen molar-refractivity contribution in [1.82, 2.24) is 9.38 Å². The van der Waals surface area contributed by atoms with E-state index in [1.54, 1.807) is 16.7 Å². The predicted molar refractivity (Wildman–Crippen MR) is 64.2 cm³/mol. The highest BCUT2D eigenvalue weighted by Gasteiger charge is 2.11. The summed E-state index contributed by atoms with van der Waals surface area (Å²) in [5, 5.41) is 8.64. The van der Waals surface area contributed by atoms with Crippen LogP contribution in [0.25, 0.3) is 5.52 Å². The fraction of sp³-hybridized carbons (Fsp3) is 0.182. The summed E-state index contributed by atoms with van der Waals surface area (Å²) in [6, 6.07) is 3.59. The van der Waals surface area contributed by atoms with E-state index in [4.69, 9.17) is 5.11 Å². The molecule has 0 saturated heterocycles. The second-order valence-corrected chi connectivity index (χ2v) is 4.44. The number of fused-ring (bicyclic) bond motifs is 1. The average Bonchev–Trinajstić information content (AvgIpc) is 2.63. The molecule has 0 saturated carbocycles. The Morgan fingerprint density at radius 3 is 3.00 bits per heavy atom. The number of pyridine rings is 1. The first kappa shape index (κ1) is 11.8. The lowest BCUT2D eigenvalue weighted by atomic mass is 10.3. The van der Waals surface area contributed by atoms with E-state index in [9.17, 15) is 9.59 Å². The van der Waals surface area contributed by atoms with Crippen molar-refractivity contribution in [1.29, 1.82) is 0 Å². The molecule has 0 aliphatic carbocycles. The van der Waals surface area contributed by atoms with Crippen LogP contribution in [0.1, 0.15) is 22.7 Å². The molecular formula is C11H9BrN2O3. The molecule has 88 valence electrons. The van der Waals surface area contributed by atoms with Gasteiger partial charge in [-0.1, -0.05) is 15.9 Å². The van der Waals surface area contributed by atoms with Crippen molar-refractivity contribution in [2.75, 3.05) is 0 Å². The van der Waals surface area contributed by atoms with Crippen LogP contribution in [-0.4, -0.2) is 26.7 Å². The predicted octanol–water partition coefficient (Wildman–Crippen LogP) is 1.93. The van der Waals surface area contributed by atoms with E-state index in [-0.39, 0.29) is 6.42 Å². The Morgan fingerprint density at radius 1 is 1.59 bits per heavy atom. The van der Waals surface area contributed by atoms with Crippen molar-refractivity contribution in [2.24, 2.45) is 0 Å². The van der Waals surface area contributed by atoms with Crippen LogP contribution in [0.15, 0.2) is 22.8 Å². The summed E-state index contributed by atoms with van der Waals surface area (Å²) < 4.78 is 2.58. The van der Waals surface area contributed by atoms with Gasteiger partial charge in [0.1, 0.15) is 11.5 Å². The van der Waals surface area contributed by atoms with Gasteiger partial charge < -0.3 is 9.51 Å². The molecule has 0 aliphatic heterocycles. The lowest BCUT2D eigenvalue weighted by Crippen LogP contribution is -2.01. The van der Waals surface area contributed by atoms with Crippen LogP contribution in [0.4, 0.5) is 0 Å². The fourth-order valence-corrected chi connectivity index (χ4v) is 1.96. The maximum atomic E-state index is 10.9. The fourth-order valence-electron chi connectivity index (χ4n) is 1.63. The molecule has 2 aromatic heterocycles. The molecule has 1 N–H and O–H groups in total. The Bertz CT molecular complexity index is 592. The number of carbonyl (C=O) groups is 2. The Hall–Kier alpha value is -1.69. The van der Waals surface area contributed by atoms with Crippen molar-refractivity contribution >= 4 is 33.7 Å². The number of aliphatic carboxylic acids is 1. The highest BCUT2D eigenvalue weighted by Crippen LogP contribution is 2.18. The molecular weight excluding hydrogens is 288 g/mol. The van der Waals surface area contributed by atoms with Gasteiger partial charge in [0.25, 0.3) is 0 Å². The minimum Gasteiger partial charge on any atom is -0.481 e. The van der Waals surface area contributed by atoms with Crippen LogP contribution in [0.5, 0.6) is 0 Å². The Kier molecular flexibility index (Phi) is 3.23. The number of imidazole rings is 1. The first-order valence-electron chi connectivity index (χ1n) is 4.95. The summed E-state index contributed by atoms with van der Waals surface area (Å²) in [5.41, 5.74) is 1.00. The number of aromatic nitrogens is 2. The third kappa shape index (κ3) is 2.36. The zero-order valence-corrected chi connectivity index (χ0v) is 10.3. The molecule has 0 atom stereocenters. The second-order valence-electron chi connectivity index (χ2n) is 3.53. The van der Waals surface area contributed by atoms with E-state index in [1.165, 1.54) is 0 Å². The smallest absolute Gasteiger partial charge is 0.303 e. The number of carbonyl (C=O) groups excluding carboxylic acids is 1. The third-order valence-corrected chi connectivity index (χ3v) is 2.87. The largest absolute Gasteiger partial charge is 0.481 e. The highest BCUT2D eigenvalue weighted by molar-refractivity contribution is 9.10. The van der Waals surface area contributed by atoms with Gasteiger partial charge in [-0.05, 0) is 12.1 Å². The van der Waals surface area contributed by atoms with Crippen LogP contribution in [0.3, 0.4) is 0 Å². The number of aryl methyl sites for hydroxylation is 1. The number of nitrogens with zero attached hydrogens (tertiary/aromatic N) is 2. The van der Waals surface area contributed by atoms with Crippen molar-refractivity contribution in [3.63, 3.8) is 0 Å². The monoisotopic (exact) mass is 296 g/mol. The highest BCUT2D eigenvalue weighted by atomic mass is 79.9. The summed E-state index contributed by atoms with van der Waals surface area (Å²) in [6.45, 7) is 0. The van der Waals surface area contributed by atoms with Crippen molar-refractivity contribution < 1.29 is 14.7 Å². The molecule has 0 spiro atoms. The second kappa shape index (κ2) is 4.67. The van der Waals surface area contributed by atoms with Gasteiger partial charge in [-0.25, -0.2) is 4.98 Å². The van der Waals surface area contributed by atoms with Gasteiger partial charge in [0.2, 0.25) is 0 Å². The molecule has 2 rings (SSSR count). The van der Waals surface area contributed by atoms with Crippen LogP contribution in [-0.2, 0) is 11.2 Å². The van der Waals surface area contributed by atoms with Crippen molar-refractivity contribution in [2.45, 2.75) is 12.8 Å². The molecule has 0 amide bonds. The van der Waals surface area contributed by atoms with E-state index in [1.807, 2.05) is 6.07 Å². The van der Waals surface area contributed by atoms with E-state index < -0.39 is 5.97 Å². The average molecular weight is 297 g/mol. The standard InChI is InChI=1S/C11H9BrN2O3/c12-7-3-4-14-9(5-7)8(6-15)13-10(14)1-2-11(16)17/h3-6H,1-2H2,(H,16,17). The number of carboxylic acids is 1. The zero-order valence-electron chi connectivity index (χ0n) is 8.76. The van der Waals surface area contributed by atoms with Gasteiger partial charge in [0, 0.05) is 17.1 Å². The molecule has 0 radical (unpaired) electrons. The maximum Gasteiger partial charge on any atom is 0.303 e. The Labute approximate surface area is 105 Å². The van der Waals surface area contributed by atoms with Gasteiger partial charge in [-0.2, -0.15) is 0 Å². The lowest BCUT2D eigenvalue weighted by Gasteiger charge is -1.99. The SMILES string of the molecule is O=Cc1nc(CCC(=O)O)n2ccc(Br)cc12. The van der Waals surface area contributed by atoms with Crippen LogP contribution < -0.4 is 0 Å². The molecule has 0 aliphatic rings. The van der Waals surface area contributed by atoms with Gasteiger partial charge in [0.15, 0.2) is 6.29 Å². The first-order valence-corrected chi connectivity index (χ1v) is 5.74. The topological polar surface area (TPSA) is 71.7 Å². The number of aldehydes is 1. The molecule has 17 heavy (non-hydrogen) atoms. The summed E-state index contributed by atoms with van der Waals surface area (Å²) in [4.78, 5) is 25.5. The molecule has 5 nitrogen and oxygen atoms in total. The Balaban J connectivity index is 2.49. The normalized spacial score (nSPS) is 10.6. The summed E-state index contributed by atoms with van der Waals surface area (Å²) in [7, 11) is 0. The van der Waals surface area contributed by atoms with Gasteiger partial charge >= 0.3 is 5.97 Å². The van der Waals surface area contributed by atoms with Crippen LogP contribution in [0.2, 0.25) is 0 Å². The third-order valence-electron chi connectivity index (χ3n) is 2.38. The van der Waals surface area contributed by atoms with E-state index in [0.29, 0.717) is 29.7 Å². The van der Waals surface area contributed by atoms with Gasteiger partial charge in [0.05, 0.1) is 11.9 Å². The van der Waals surface area contributed by atoms with Crippen molar-refractivity contribution in [3.05, 3.63) is 34.3 Å². The number of carboxylic acid groups (broad SMARTS) is 1. The molecule has 0 bridgehead atoms. The Morgan fingerprint density at radius 2 is 2.35 bits per heavy atom. The van der Waals surface area contributed by atoms with E-state index in [2.05, 4.69) is 20.9 Å². The minimum atomic E-state index is -0.883. The van der Waals surface area contributed by atoms with Gasteiger partial charge in [-0.15, -0.1) is 0 Å². The van der Waals surface area contributed by atoms with Crippen LogP contribution >= 0.6 is 15.9 Å². The molecule has 2 aromatic rings. The quantitative estimate of drug-likeness (QED) is 0.875. The van der Waals surface area contributed by atoms with E-state index >= 15 is 0 Å². The number of rotatable bonds is 4. The molecule has 0 fully saturated rings. The minimum absolute atomic E-state index is 0.00647. The molecule has 0 unspecified atom stereocenters. The summed E-state index contributed by atoms with van der Waals surface area (Å²) in [6.07, 6.45) is 2.72. The lowest BCUT2D eigenvalue weighted by molar-refractivity contribution is -0.137. The van der Waals surface area contributed by atoms with Crippen LogP contribution in [0, 0.1) is 0 Å². The summed E-state index contributed by atoms with van der Waals surface area (Å²) in [5.74, 6) is -0.302. The number of halogens is 1. The number of hydrogen-bond donors (Lipinski definition) is 1. The number of hydrogen-bond acceptors (Lipinski definition) is 3. The molecule has 2 heterocycles. The van der Waals surface area contributed by atoms with Crippen molar-refractivity contribution in [3.8, 4) is 0 Å². The van der Waals surface area contributed by atoms with Gasteiger partial charge in [-0.3, -0.25) is 9.59 Å². The maximum absolute atomic E-state index is 10.9. The first-order chi connectivity index (χ1) is 8.11. The van der Waals surface area contributed by atoms with E-state index in [0.717, 1.165) is 4.47 Å².